The van der Waals surface area contributed by atoms with E-state index in [1.54, 1.807) is 0 Å². The van der Waals surface area contributed by atoms with Crippen LogP contribution >= 0.6 is 0 Å². The molecule has 1 aromatic rings. The maximum Gasteiger partial charge on any atom is 0.112 e. The summed E-state index contributed by atoms with van der Waals surface area (Å²) < 4.78 is 5.75. The van der Waals surface area contributed by atoms with Gasteiger partial charge >= 0.3 is 0 Å². The van der Waals surface area contributed by atoms with Crippen molar-refractivity contribution in [2.45, 2.75) is 31.2 Å². The minimum atomic E-state index is 0.0257. The Hall–Kier alpha value is -1.37. The lowest BCUT2D eigenvalue weighted by atomic mass is 10.1. The van der Waals surface area contributed by atoms with Crippen molar-refractivity contribution >= 4 is 0 Å². The van der Waals surface area contributed by atoms with Gasteiger partial charge in [0, 0.05) is 0 Å². The molecule has 0 bridgehead atoms. The number of hydrogen-bond donors (Lipinski definition) is 0. The van der Waals surface area contributed by atoms with Crippen molar-refractivity contribution in [2.24, 2.45) is 0 Å². The second-order valence-corrected chi connectivity index (χ2v) is 4.38. The van der Waals surface area contributed by atoms with Crippen molar-refractivity contribution < 1.29 is 4.74 Å². The molecule has 0 radical (unpaired) electrons. The molecule has 3 atom stereocenters. The first kappa shape index (κ1) is 9.83. The highest BCUT2D eigenvalue weighted by molar-refractivity contribution is 5.22. The van der Waals surface area contributed by atoms with Gasteiger partial charge in [0.25, 0.3) is 0 Å². The molecule has 2 heterocycles. The van der Waals surface area contributed by atoms with E-state index in [1.807, 2.05) is 18.2 Å². The van der Waals surface area contributed by atoms with Crippen LogP contribution < -0.4 is 0 Å². The first-order valence-corrected chi connectivity index (χ1v) is 5.74. The topological polar surface area (TPSA) is 36.3 Å². The standard InChI is InChI=1S/C13H14N2O/c14-8-11-6-7-13-15(11)12(9-16-13)10-4-2-1-3-5-10/h1-5,11-13H,6-7,9H2/t11-,12+,13+/m1/s1. The van der Waals surface area contributed by atoms with Gasteiger partial charge in [0.1, 0.15) is 12.3 Å². The van der Waals surface area contributed by atoms with Gasteiger partial charge in [-0.25, -0.2) is 0 Å². The van der Waals surface area contributed by atoms with Gasteiger partial charge in [-0.05, 0) is 18.4 Å². The smallest absolute Gasteiger partial charge is 0.112 e. The van der Waals surface area contributed by atoms with Crippen LogP contribution in [0.3, 0.4) is 0 Å². The van der Waals surface area contributed by atoms with Crippen LogP contribution in [0, 0.1) is 11.3 Å². The minimum Gasteiger partial charge on any atom is -0.361 e. The Morgan fingerprint density at radius 3 is 2.81 bits per heavy atom. The Morgan fingerprint density at radius 1 is 1.25 bits per heavy atom. The maximum atomic E-state index is 9.13. The van der Waals surface area contributed by atoms with E-state index in [-0.39, 0.29) is 18.3 Å². The molecule has 1 aromatic carbocycles. The number of rotatable bonds is 1. The fourth-order valence-corrected chi connectivity index (χ4v) is 2.75. The minimum absolute atomic E-state index is 0.0257. The molecule has 16 heavy (non-hydrogen) atoms. The summed E-state index contributed by atoms with van der Waals surface area (Å²) in [4.78, 5) is 2.23. The van der Waals surface area contributed by atoms with E-state index in [1.165, 1.54) is 5.56 Å². The Bertz CT molecular complexity index is 412. The fourth-order valence-electron chi connectivity index (χ4n) is 2.75. The second kappa shape index (κ2) is 3.89. The number of benzene rings is 1. The zero-order chi connectivity index (χ0) is 11.0. The van der Waals surface area contributed by atoms with Crippen LogP contribution in [0.5, 0.6) is 0 Å². The predicted octanol–water partition coefficient (Wildman–Crippen LogP) is 2.07. The number of hydrogen-bond acceptors (Lipinski definition) is 3. The summed E-state index contributed by atoms with van der Waals surface area (Å²) in [7, 11) is 0. The number of nitrogens with zero attached hydrogens (tertiary/aromatic N) is 2. The molecular weight excluding hydrogens is 200 g/mol. The van der Waals surface area contributed by atoms with Crippen molar-refractivity contribution in [3.8, 4) is 6.07 Å². The predicted molar refractivity (Wildman–Crippen MR) is 59.4 cm³/mol. The molecule has 3 rings (SSSR count). The molecular formula is C13H14N2O. The fraction of sp³-hybridized carbons (Fsp3) is 0.462. The van der Waals surface area contributed by atoms with Gasteiger partial charge in [-0.3, -0.25) is 4.90 Å². The summed E-state index contributed by atoms with van der Waals surface area (Å²) in [6.07, 6.45) is 2.08. The van der Waals surface area contributed by atoms with Gasteiger partial charge < -0.3 is 4.74 Å². The summed E-state index contributed by atoms with van der Waals surface area (Å²) in [5, 5.41) is 9.13. The van der Waals surface area contributed by atoms with Crippen molar-refractivity contribution in [1.29, 1.82) is 5.26 Å². The summed E-state index contributed by atoms with van der Waals surface area (Å²) in [5.41, 5.74) is 1.26. The van der Waals surface area contributed by atoms with Crippen LogP contribution in [0.15, 0.2) is 30.3 Å². The quantitative estimate of drug-likeness (QED) is 0.718. The molecule has 2 aliphatic rings. The van der Waals surface area contributed by atoms with Crippen molar-refractivity contribution in [2.75, 3.05) is 6.61 Å². The number of fused-ring (bicyclic) bond motifs is 1. The van der Waals surface area contributed by atoms with Crippen LogP contribution in [0.25, 0.3) is 0 Å². The van der Waals surface area contributed by atoms with Crippen LogP contribution in [0.4, 0.5) is 0 Å². The van der Waals surface area contributed by atoms with E-state index in [0.29, 0.717) is 6.61 Å². The molecule has 2 fully saturated rings. The zero-order valence-electron chi connectivity index (χ0n) is 9.04. The molecule has 3 nitrogen and oxygen atoms in total. The van der Waals surface area contributed by atoms with Crippen molar-refractivity contribution in [1.82, 2.24) is 4.90 Å². The first-order chi connectivity index (χ1) is 7.90. The third kappa shape index (κ3) is 1.42. The number of nitriles is 1. The average molecular weight is 214 g/mol. The highest BCUT2D eigenvalue weighted by atomic mass is 16.5. The van der Waals surface area contributed by atoms with Gasteiger partial charge in [-0.1, -0.05) is 30.3 Å². The van der Waals surface area contributed by atoms with Crippen LogP contribution in [-0.4, -0.2) is 23.8 Å². The Morgan fingerprint density at radius 2 is 2.06 bits per heavy atom. The molecule has 2 saturated heterocycles. The molecule has 0 unspecified atom stereocenters. The molecule has 0 aromatic heterocycles. The summed E-state index contributed by atoms with van der Waals surface area (Å²) in [6.45, 7) is 0.715. The van der Waals surface area contributed by atoms with Crippen LogP contribution in [-0.2, 0) is 4.74 Å². The third-order valence-corrected chi connectivity index (χ3v) is 3.52. The maximum absolute atomic E-state index is 9.13. The normalized spacial score (nSPS) is 33.6. The van der Waals surface area contributed by atoms with E-state index in [2.05, 4.69) is 23.1 Å². The monoisotopic (exact) mass is 214 g/mol. The van der Waals surface area contributed by atoms with Crippen LogP contribution in [0.1, 0.15) is 24.4 Å². The van der Waals surface area contributed by atoms with Gasteiger partial charge in [0.05, 0.1) is 18.7 Å². The molecule has 82 valence electrons. The molecule has 2 aliphatic heterocycles. The van der Waals surface area contributed by atoms with Crippen molar-refractivity contribution in [3.63, 3.8) is 0 Å². The molecule has 0 aliphatic carbocycles. The van der Waals surface area contributed by atoms with Gasteiger partial charge in [0.2, 0.25) is 0 Å². The second-order valence-electron chi connectivity index (χ2n) is 4.38. The summed E-state index contributed by atoms with van der Waals surface area (Å²) >= 11 is 0. The highest BCUT2D eigenvalue weighted by Gasteiger charge is 2.44. The molecule has 0 N–H and O–H groups in total. The van der Waals surface area contributed by atoms with Crippen molar-refractivity contribution in [3.05, 3.63) is 35.9 Å². The van der Waals surface area contributed by atoms with E-state index < -0.39 is 0 Å². The Kier molecular flexibility index (Phi) is 2.39. The summed E-state index contributed by atoms with van der Waals surface area (Å²) in [6, 6.07) is 13.0. The van der Waals surface area contributed by atoms with E-state index in [0.717, 1.165) is 12.8 Å². The molecule has 0 spiro atoms. The van der Waals surface area contributed by atoms with Gasteiger partial charge in [-0.2, -0.15) is 5.26 Å². The van der Waals surface area contributed by atoms with E-state index in [4.69, 9.17) is 10.00 Å². The van der Waals surface area contributed by atoms with E-state index in [9.17, 15) is 0 Å². The largest absolute Gasteiger partial charge is 0.361 e. The molecule has 3 heteroatoms. The molecule has 0 amide bonds. The lowest BCUT2D eigenvalue weighted by Gasteiger charge is -2.24. The summed E-state index contributed by atoms with van der Waals surface area (Å²) in [5.74, 6) is 0. The van der Waals surface area contributed by atoms with Crippen LogP contribution in [0.2, 0.25) is 0 Å². The lowest BCUT2D eigenvalue weighted by molar-refractivity contribution is 0.0526. The first-order valence-electron chi connectivity index (χ1n) is 5.74. The third-order valence-electron chi connectivity index (χ3n) is 3.52. The van der Waals surface area contributed by atoms with Gasteiger partial charge in [-0.15, -0.1) is 0 Å². The highest BCUT2D eigenvalue weighted by Crippen LogP contribution is 2.39. The van der Waals surface area contributed by atoms with E-state index >= 15 is 0 Å². The Balaban J connectivity index is 1.90. The SMILES string of the molecule is N#C[C@H]1CC[C@@H]2OC[C@@H](c3ccccc3)N21. The molecule has 0 saturated carbocycles. The Labute approximate surface area is 95.2 Å². The zero-order valence-corrected chi connectivity index (χ0v) is 9.04. The lowest BCUT2D eigenvalue weighted by Crippen LogP contribution is -2.33. The number of ether oxygens (including phenoxy) is 1. The van der Waals surface area contributed by atoms with Gasteiger partial charge in [0.15, 0.2) is 0 Å². The average Bonchev–Trinajstić information content (AvgIpc) is 2.90.